The highest BCUT2D eigenvalue weighted by atomic mass is 32.2. The molecular formula is C24H35NO2S. The van der Waals surface area contributed by atoms with Crippen LogP contribution in [-0.4, -0.2) is 27.2 Å². The van der Waals surface area contributed by atoms with Crippen molar-refractivity contribution in [1.29, 1.82) is 0 Å². The van der Waals surface area contributed by atoms with E-state index in [-0.39, 0.29) is 20.4 Å². The average molecular weight is 402 g/mol. The van der Waals surface area contributed by atoms with Gasteiger partial charge in [0.25, 0.3) is 0 Å². The van der Waals surface area contributed by atoms with E-state index in [4.69, 9.17) is 0 Å². The van der Waals surface area contributed by atoms with Gasteiger partial charge < -0.3 is 0 Å². The standard InChI is InChI=1S/C24H35NO2S/c1-14(26)24-20(25-21(2,3)28-24)13-19-17-7-6-15-12-16(27)8-10-22(15,4)18(17)9-11-23(19,24)5/h12,17-20,25H,6-11,13H2,1-5H3. The van der Waals surface area contributed by atoms with Gasteiger partial charge in [0.1, 0.15) is 5.78 Å². The summed E-state index contributed by atoms with van der Waals surface area (Å²) in [5, 5.41) is 3.85. The molecule has 0 aromatic heterocycles. The smallest absolute Gasteiger partial charge is 0.155 e. The fourth-order valence-corrected chi connectivity index (χ4v) is 10.4. The topological polar surface area (TPSA) is 46.2 Å². The maximum Gasteiger partial charge on any atom is 0.155 e. The Bertz CT molecular complexity index is 787. The lowest BCUT2D eigenvalue weighted by molar-refractivity contribution is -0.126. The lowest BCUT2D eigenvalue weighted by atomic mass is 9.46. The molecule has 4 fully saturated rings. The molecule has 3 saturated carbocycles. The zero-order chi connectivity index (χ0) is 20.1. The summed E-state index contributed by atoms with van der Waals surface area (Å²) in [4.78, 5) is 25.2. The van der Waals surface area contributed by atoms with Gasteiger partial charge in [0.05, 0.1) is 9.62 Å². The van der Waals surface area contributed by atoms with Crippen LogP contribution in [0.15, 0.2) is 11.6 Å². The molecule has 0 aromatic carbocycles. The first-order chi connectivity index (χ1) is 13.0. The van der Waals surface area contributed by atoms with Crippen LogP contribution in [0.5, 0.6) is 0 Å². The quantitative estimate of drug-likeness (QED) is 0.679. The van der Waals surface area contributed by atoms with Crippen LogP contribution in [0, 0.1) is 28.6 Å². The van der Waals surface area contributed by atoms with E-state index in [0.29, 0.717) is 35.4 Å². The highest BCUT2D eigenvalue weighted by Gasteiger charge is 2.73. The molecular weight excluding hydrogens is 366 g/mol. The molecule has 3 nitrogen and oxygen atoms in total. The van der Waals surface area contributed by atoms with E-state index in [0.717, 1.165) is 32.1 Å². The minimum Gasteiger partial charge on any atom is -0.299 e. The van der Waals surface area contributed by atoms with Crippen molar-refractivity contribution in [3.8, 4) is 0 Å². The molecule has 154 valence electrons. The van der Waals surface area contributed by atoms with Crippen LogP contribution in [0.3, 0.4) is 0 Å². The molecule has 1 N–H and O–H groups in total. The Labute approximate surface area is 173 Å². The lowest BCUT2D eigenvalue weighted by Gasteiger charge is -2.59. The van der Waals surface area contributed by atoms with Gasteiger partial charge in [-0.25, -0.2) is 0 Å². The van der Waals surface area contributed by atoms with Gasteiger partial charge >= 0.3 is 0 Å². The minimum absolute atomic E-state index is 0.0284. The molecule has 4 heteroatoms. The Balaban J connectivity index is 1.54. The number of ketones is 2. The lowest BCUT2D eigenvalue weighted by Crippen LogP contribution is -2.57. The largest absolute Gasteiger partial charge is 0.299 e. The van der Waals surface area contributed by atoms with Gasteiger partial charge in [-0.05, 0) is 94.0 Å². The molecule has 0 spiro atoms. The van der Waals surface area contributed by atoms with Gasteiger partial charge in [-0.2, -0.15) is 0 Å². The predicted octanol–water partition coefficient (Wildman–Crippen LogP) is 4.90. The maximum atomic E-state index is 13.2. The van der Waals surface area contributed by atoms with Crippen LogP contribution < -0.4 is 5.32 Å². The number of fused-ring (bicyclic) bond motifs is 7. The molecule has 0 bridgehead atoms. The van der Waals surface area contributed by atoms with Crippen LogP contribution >= 0.6 is 11.8 Å². The Kier molecular flexibility index (Phi) is 3.98. The number of hydrogen-bond acceptors (Lipinski definition) is 4. The Morgan fingerprint density at radius 1 is 1.11 bits per heavy atom. The average Bonchev–Trinajstić information content (AvgIpc) is 3.02. The Hall–Kier alpha value is -0.610. The maximum absolute atomic E-state index is 13.2. The first kappa shape index (κ1) is 19.4. The molecule has 0 aromatic rings. The van der Waals surface area contributed by atoms with E-state index in [1.807, 2.05) is 24.8 Å². The summed E-state index contributed by atoms with van der Waals surface area (Å²) in [5.74, 6) is 2.71. The SMILES string of the molecule is CC(=O)C12SC(C)(C)NC1CC1C3CCC4=CC(=O)CCC4(C)C3CCC12C. The molecule has 0 radical (unpaired) electrons. The second-order valence-corrected chi connectivity index (χ2v) is 13.1. The van der Waals surface area contributed by atoms with E-state index in [2.05, 4.69) is 33.0 Å². The fraction of sp³-hybridized carbons (Fsp3) is 0.833. The van der Waals surface area contributed by atoms with Crippen molar-refractivity contribution in [1.82, 2.24) is 5.32 Å². The number of thioether (sulfide) groups is 1. The Morgan fingerprint density at radius 2 is 1.86 bits per heavy atom. The molecule has 4 aliphatic carbocycles. The van der Waals surface area contributed by atoms with Crippen molar-refractivity contribution in [2.75, 3.05) is 0 Å². The van der Waals surface area contributed by atoms with E-state index >= 15 is 0 Å². The third-order valence-corrected chi connectivity index (χ3v) is 11.6. The zero-order valence-corrected chi connectivity index (χ0v) is 18.9. The number of hydrogen-bond donors (Lipinski definition) is 1. The zero-order valence-electron chi connectivity index (χ0n) is 18.1. The van der Waals surface area contributed by atoms with E-state index < -0.39 is 0 Å². The molecule has 7 atom stereocenters. The fourth-order valence-electron chi connectivity index (χ4n) is 8.51. The van der Waals surface area contributed by atoms with E-state index in [1.54, 1.807) is 0 Å². The van der Waals surface area contributed by atoms with E-state index in [1.165, 1.54) is 18.4 Å². The van der Waals surface area contributed by atoms with Gasteiger partial charge in [-0.1, -0.05) is 19.4 Å². The third kappa shape index (κ3) is 2.23. The number of nitrogens with one attached hydrogen (secondary N) is 1. The van der Waals surface area contributed by atoms with Crippen molar-refractivity contribution in [3.63, 3.8) is 0 Å². The van der Waals surface area contributed by atoms with Gasteiger partial charge in [0, 0.05) is 12.5 Å². The van der Waals surface area contributed by atoms with Crippen LogP contribution in [-0.2, 0) is 9.59 Å². The van der Waals surface area contributed by atoms with Gasteiger partial charge in [0.15, 0.2) is 5.78 Å². The molecule has 1 aliphatic heterocycles. The highest BCUT2D eigenvalue weighted by Crippen LogP contribution is 2.72. The second kappa shape index (κ2) is 5.75. The molecule has 0 amide bonds. The Morgan fingerprint density at radius 3 is 2.57 bits per heavy atom. The third-order valence-electron chi connectivity index (χ3n) is 9.64. The van der Waals surface area contributed by atoms with Crippen LogP contribution in [0.1, 0.15) is 79.6 Å². The molecule has 1 heterocycles. The first-order valence-corrected chi connectivity index (χ1v) is 12.1. The molecule has 5 rings (SSSR count). The summed E-state index contributed by atoms with van der Waals surface area (Å²) in [6.45, 7) is 11.2. The van der Waals surface area contributed by atoms with Gasteiger partial charge in [-0.15, -0.1) is 11.8 Å². The van der Waals surface area contributed by atoms with Crippen LogP contribution in [0.25, 0.3) is 0 Å². The first-order valence-electron chi connectivity index (χ1n) is 11.3. The van der Waals surface area contributed by atoms with Crippen molar-refractivity contribution in [2.24, 2.45) is 28.6 Å². The van der Waals surface area contributed by atoms with Gasteiger partial charge in [0.2, 0.25) is 0 Å². The second-order valence-electron chi connectivity index (χ2n) is 11.3. The van der Waals surface area contributed by atoms with Crippen molar-refractivity contribution < 1.29 is 9.59 Å². The summed E-state index contributed by atoms with van der Waals surface area (Å²) in [7, 11) is 0. The summed E-state index contributed by atoms with van der Waals surface area (Å²) in [6, 6.07) is 0.302. The summed E-state index contributed by atoms with van der Waals surface area (Å²) in [6.07, 6.45) is 9.53. The summed E-state index contributed by atoms with van der Waals surface area (Å²) < 4.78 is -0.272. The number of Topliss-reactive ketones (excluding diaryl/α,β-unsaturated/α-hetero) is 1. The summed E-state index contributed by atoms with van der Waals surface area (Å²) >= 11 is 1.92. The molecule has 1 saturated heterocycles. The van der Waals surface area contributed by atoms with Crippen molar-refractivity contribution in [2.45, 2.75) is 95.2 Å². The van der Waals surface area contributed by atoms with Crippen molar-refractivity contribution >= 4 is 23.3 Å². The molecule has 5 aliphatic rings. The van der Waals surface area contributed by atoms with Crippen molar-refractivity contribution in [3.05, 3.63) is 11.6 Å². The predicted molar refractivity (Wildman–Crippen MR) is 114 cm³/mol. The normalized spacial score (nSPS) is 51.6. The minimum atomic E-state index is -0.272. The highest BCUT2D eigenvalue weighted by molar-refractivity contribution is 8.03. The monoisotopic (exact) mass is 401 g/mol. The number of rotatable bonds is 1. The number of carbonyl (C=O) groups excluding carboxylic acids is 2. The molecule has 28 heavy (non-hydrogen) atoms. The van der Waals surface area contributed by atoms with Gasteiger partial charge in [-0.3, -0.25) is 14.9 Å². The van der Waals surface area contributed by atoms with Crippen LogP contribution in [0.4, 0.5) is 0 Å². The van der Waals surface area contributed by atoms with E-state index in [9.17, 15) is 9.59 Å². The van der Waals surface area contributed by atoms with Crippen LogP contribution in [0.2, 0.25) is 0 Å². The molecule has 7 unspecified atom stereocenters. The number of allylic oxidation sites excluding steroid dienone is 1. The number of carbonyl (C=O) groups is 2. The summed E-state index contributed by atoms with van der Waals surface area (Å²) in [5.41, 5.74) is 1.72.